The summed E-state index contributed by atoms with van der Waals surface area (Å²) in [4.78, 5) is 50.5. The summed E-state index contributed by atoms with van der Waals surface area (Å²) in [6.07, 6.45) is 5.33. The van der Waals surface area contributed by atoms with Gasteiger partial charge in [-0.1, -0.05) is 35.9 Å². The predicted octanol–water partition coefficient (Wildman–Crippen LogP) is 0.273. The number of aromatic nitrogens is 2. The van der Waals surface area contributed by atoms with Crippen LogP contribution in [0.4, 0.5) is 11.6 Å². The fourth-order valence-corrected chi connectivity index (χ4v) is 7.69. The van der Waals surface area contributed by atoms with Crippen molar-refractivity contribution in [3.63, 3.8) is 0 Å². The molecule has 0 aliphatic carbocycles. The van der Waals surface area contributed by atoms with Crippen LogP contribution in [0.1, 0.15) is 47.3 Å². The third-order valence-electron chi connectivity index (χ3n) is 11.0. The predicted molar refractivity (Wildman–Crippen MR) is 237 cm³/mol. The maximum Gasteiger partial charge on any atom is 0.274 e. The zero-order chi connectivity index (χ0) is 44.7. The third kappa shape index (κ3) is 17.9. The fourth-order valence-electron chi connectivity index (χ4n) is 7.56. The number of carbonyl (C=O) groups is 3. The van der Waals surface area contributed by atoms with Crippen molar-refractivity contribution in [2.24, 2.45) is 0 Å². The second kappa shape index (κ2) is 28.3. The molecule has 3 amide bonds. The second-order valence-electron chi connectivity index (χ2n) is 15.4. The van der Waals surface area contributed by atoms with Crippen molar-refractivity contribution in [3.8, 4) is 11.5 Å². The van der Waals surface area contributed by atoms with Crippen LogP contribution in [0.2, 0.25) is 5.15 Å². The highest BCUT2D eigenvalue weighted by Crippen LogP contribution is 2.25. The van der Waals surface area contributed by atoms with Crippen LogP contribution < -0.4 is 38.7 Å². The Morgan fingerprint density at radius 2 is 1.16 bits per heavy atom. The maximum atomic E-state index is 13.4. The number of halogens is 2. The number of hydrogen-bond donors (Lipinski definition) is 3. The summed E-state index contributed by atoms with van der Waals surface area (Å²) in [7, 11) is 6.42. The van der Waals surface area contributed by atoms with Crippen LogP contribution in [0, 0.1) is 0 Å². The average Bonchev–Trinajstić information content (AvgIpc) is 3.27. The van der Waals surface area contributed by atoms with E-state index in [4.69, 9.17) is 51.5 Å². The number of carbonyl (C=O) groups excluding carboxylic acids is 3. The van der Waals surface area contributed by atoms with Crippen LogP contribution in [0.15, 0.2) is 48.5 Å². The number of hydrogen-bond acceptors (Lipinski definition) is 13. The summed E-state index contributed by atoms with van der Waals surface area (Å²) in [5.74, 6) is 0.479. The minimum absolute atomic E-state index is 0. The zero-order valence-electron chi connectivity index (χ0n) is 37.2. The fraction of sp³-hybridized carbons (Fsp3) is 0.568. The van der Waals surface area contributed by atoms with Gasteiger partial charge in [-0.25, -0.2) is 9.97 Å². The van der Waals surface area contributed by atoms with Gasteiger partial charge >= 0.3 is 0 Å². The molecule has 4 rings (SSSR count). The number of nitrogens with zero attached hydrogens (tertiary/aromatic N) is 5. The van der Waals surface area contributed by atoms with E-state index in [9.17, 15) is 14.4 Å². The number of aryl methyl sites for hydroxylation is 2. The molecule has 0 spiro atoms. The molecule has 1 aliphatic rings. The molecule has 1 aromatic heterocycles. The Hall–Kier alpha value is -4.49. The van der Waals surface area contributed by atoms with Gasteiger partial charge in [0.2, 0.25) is 0 Å². The number of likely N-dealkylation sites (tertiary alicyclic amines) is 1. The highest BCUT2D eigenvalue weighted by atomic mass is 35.5. The quantitative estimate of drug-likeness (QED) is 0.0840. The number of anilines is 2. The minimum atomic E-state index is -0.426. The molecule has 2 heterocycles. The van der Waals surface area contributed by atoms with Gasteiger partial charge in [-0.15, -0.1) is 0 Å². The van der Waals surface area contributed by atoms with Crippen LogP contribution >= 0.6 is 11.6 Å². The van der Waals surface area contributed by atoms with E-state index in [0.717, 1.165) is 69.2 Å². The molecule has 0 saturated carbocycles. The molecule has 1 atom stereocenters. The zero-order valence-corrected chi connectivity index (χ0v) is 38.7. The molecule has 0 bridgehead atoms. The van der Waals surface area contributed by atoms with Gasteiger partial charge in [0, 0.05) is 67.5 Å². The van der Waals surface area contributed by atoms with Crippen LogP contribution in [0.25, 0.3) is 0 Å². The van der Waals surface area contributed by atoms with E-state index in [0.29, 0.717) is 64.1 Å². The second-order valence-corrected chi connectivity index (χ2v) is 15.8. The standard InChI is InChI=1S/C44H65ClN8O9.ClH/c1-57-26-19-51(20-27-58-2)38(54)31-61-36-15-11-33(12-16-36)8-5-23-53(25-7-10-35(30-53)48-44(56)40-42(46)50-43(47)41(45)49-40)24-6-9-34-13-17-37(18-14-34)62-32-39(55)52(21-28-59-3)22-29-60-4;/h11-18,35H,5-10,19-32H2,1-4H3,(H4-,46,47,48,50,56);1H/t35-;/m0./s1. The maximum absolute atomic E-state index is 13.4. The summed E-state index contributed by atoms with van der Waals surface area (Å²) in [6.45, 7) is 7.03. The van der Waals surface area contributed by atoms with E-state index >= 15 is 0 Å². The van der Waals surface area contributed by atoms with Crippen molar-refractivity contribution >= 4 is 41.0 Å². The molecule has 19 heteroatoms. The lowest BCUT2D eigenvalue weighted by Crippen LogP contribution is -3.00. The van der Waals surface area contributed by atoms with Gasteiger partial charge in [0.1, 0.15) is 11.5 Å². The van der Waals surface area contributed by atoms with Crippen LogP contribution in [-0.2, 0) is 41.4 Å². The van der Waals surface area contributed by atoms with Gasteiger partial charge in [-0.2, -0.15) is 0 Å². The highest BCUT2D eigenvalue weighted by molar-refractivity contribution is 6.31. The molecule has 0 unspecified atom stereocenters. The summed E-state index contributed by atoms with van der Waals surface area (Å²) < 4.78 is 33.1. The molecule has 2 aromatic carbocycles. The van der Waals surface area contributed by atoms with E-state index < -0.39 is 5.91 Å². The highest BCUT2D eigenvalue weighted by Gasteiger charge is 2.36. The molecule has 350 valence electrons. The topological polar surface area (TPSA) is 203 Å². The van der Waals surface area contributed by atoms with Crippen molar-refractivity contribution in [3.05, 3.63) is 70.5 Å². The molecule has 1 aliphatic heterocycles. The summed E-state index contributed by atoms with van der Waals surface area (Å²) in [5.41, 5.74) is 14.1. The Kier molecular flexibility index (Phi) is 23.8. The average molecular weight is 922 g/mol. The van der Waals surface area contributed by atoms with Gasteiger partial charge in [-0.3, -0.25) is 14.4 Å². The molecule has 3 aromatic rings. The van der Waals surface area contributed by atoms with E-state index in [1.54, 1.807) is 38.2 Å². The number of ether oxygens (including phenoxy) is 6. The number of piperidine rings is 1. The van der Waals surface area contributed by atoms with Crippen LogP contribution in [-0.4, -0.2) is 168 Å². The monoisotopic (exact) mass is 920 g/mol. The normalized spacial score (nSPS) is 14.3. The van der Waals surface area contributed by atoms with E-state index in [2.05, 4.69) is 15.3 Å². The number of nitrogen functional groups attached to an aromatic ring is 2. The number of benzene rings is 2. The first-order chi connectivity index (χ1) is 30.0. The minimum Gasteiger partial charge on any atom is -1.00 e. The molecular formula is C44H66Cl2N8O9. The molecule has 63 heavy (non-hydrogen) atoms. The van der Waals surface area contributed by atoms with Crippen molar-refractivity contribution < 1.29 is 59.7 Å². The van der Waals surface area contributed by atoms with Crippen molar-refractivity contribution in [1.29, 1.82) is 0 Å². The van der Waals surface area contributed by atoms with Crippen LogP contribution in [0.5, 0.6) is 11.5 Å². The first-order valence-corrected chi connectivity index (χ1v) is 21.6. The van der Waals surface area contributed by atoms with Gasteiger partial charge in [-0.05, 0) is 61.1 Å². The lowest BCUT2D eigenvalue weighted by Gasteiger charge is -2.45. The Morgan fingerprint density at radius 1 is 0.714 bits per heavy atom. The first-order valence-electron chi connectivity index (χ1n) is 21.2. The SMILES string of the molecule is COCCN(CCOC)C(=O)COc1ccc(CCC[N+]2(CCCc3ccc(OCC(=O)N(CCOC)CCOC)cc3)CCC[C@H](NC(=O)c3nc(Cl)c(N)nc3N)C2)cc1.[Cl-]. The van der Waals surface area contributed by atoms with Gasteiger partial charge < -0.3 is 71.9 Å². The Bertz CT molecular complexity index is 1730. The largest absolute Gasteiger partial charge is 1.00 e. The summed E-state index contributed by atoms with van der Waals surface area (Å²) in [5, 5.41) is 3.09. The molecule has 1 fully saturated rings. The van der Waals surface area contributed by atoms with Gasteiger partial charge in [0.05, 0.1) is 58.6 Å². The number of nitrogens with two attached hydrogens (primary N) is 2. The molecular weight excluding hydrogens is 855 g/mol. The van der Waals surface area contributed by atoms with Gasteiger partial charge in [0.15, 0.2) is 35.7 Å². The molecule has 17 nitrogen and oxygen atoms in total. The van der Waals surface area contributed by atoms with E-state index in [1.807, 2.05) is 48.5 Å². The van der Waals surface area contributed by atoms with E-state index in [1.165, 1.54) is 11.1 Å². The summed E-state index contributed by atoms with van der Waals surface area (Å²) in [6, 6.07) is 15.7. The number of nitrogens with one attached hydrogen (secondary N) is 1. The number of rotatable bonds is 28. The molecule has 5 N–H and O–H groups in total. The lowest BCUT2D eigenvalue weighted by atomic mass is 9.99. The Labute approximate surface area is 383 Å². The van der Waals surface area contributed by atoms with Gasteiger partial charge in [0.25, 0.3) is 17.7 Å². The van der Waals surface area contributed by atoms with Crippen molar-refractivity contribution in [1.82, 2.24) is 25.1 Å². The smallest absolute Gasteiger partial charge is 0.274 e. The Morgan fingerprint density at radius 3 is 1.59 bits per heavy atom. The summed E-state index contributed by atoms with van der Waals surface area (Å²) >= 11 is 6.09. The van der Waals surface area contributed by atoms with Crippen LogP contribution in [0.3, 0.4) is 0 Å². The van der Waals surface area contributed by atoms with Crippen molar-refractivity contribution in [2.45, 2.75) is 44.6 Å². The number of methoxy groups -OCH3 is 4. The lowest BCUT2D eigenvalue weighted by molar-refractivity contribution is -0.933. The molecule has 1 saturated heterocycles. The van der Waals surface area contributed by atoms with E-state index in [-0.39, 0.29) is 66.0 Å². The third-order valence-corrected chi connectivity index (χ3v) is 11.3. The number of amides is 3. The number of quaternary nitrogens is 1. The Balaban J connectivity index is 0.0000106. The van der Waals surface area contributed by atoms with Crippen molar-refractivity contribution in [2.75, 3.05) is 132 Å². The molecule has 0 radical (unpaired) electrons. The first kappa shape index (κ1) is 52.9.